The molecule has 5 nitrogen and oxygen atoms in total. The van der Waals surface area contributed by atoms with E-state index in [1.165, 1.54) is 21.4 Å². The predicted octanol–water partition coefficient (Wildman–Crippen LogP) is 2.58. The number of likely N-dealkylation sites (tertiary alicyclic amines) is 1. The number of amides is 1. The van der Waals surface area contributed by atoms with Gasteiger partial charge in [-0.3, -0.25) is 9.59 Å². The van der Waals surface area contributed by atoms with Crippen LogP contribution in [0.2, 0.25) is 0 Å². The maximum Gasteiger partial charge on any atom is 0.270 e. The molecule has 1 aliphatic rings. The maximum absolute atomic E-state index is 12.5. The van der Waals surface area contributed by atoms with Gasteiger partial charge in [0.25, 0.3) is 11.5 Å². The summed E-state index contributed by atoms with van der Waals surface area (Å²) in [7, 11) is 1.61. The van der Waals surface area contributed by atoms with Crippen LogP contribution >= 0.6 is 0 Å². The number of pyridine rings is 1. The Hall–Kier alpha value is -2.92. The van der Waals surface area contributed by atoms with E-state index >= 15 is 0 Å². The fraction of sp³-hybridized carbons (Fsp3) is 0.238. The molecule has 132 valence electrons. The molecule has 0 spiro atoms. The van der Waals surface area contributed by atoms with Crippen LogP contribution in [-0.4, -0.2) is 34.6 Å². The first kappa shape index (κ1) is 16.5. The summed E-state index contributed by atoms with van der Waals surface area (Å²) in [5.41, 5.74) is 1.38. The van der Waals surface area contributed by atoms with E-state index in [1.807, 2.05) is 18.2 Å². The van der Waals surface area contributed by atoms with Crippen molar-refractivity contribution in [1.82, 2.24) is 9.47 Å². The zero-order valence-electron chi connectivity index (χ0n) is 14.6. The van der Waals surface area contributed by atoms with Crippen molar-refractivity contribution in [2.45, 2.75) is 12.7 Å². The first-order valence-corrected chi connectivity index (χ1v) is 8.67. The van der Waals surface area contributed by atoms with Crippen LogP contribution in [0.15, 0.2) is 65.5 Å². The van der Waals surface area contributed by atoms with Crippen molar-refractivity contribution < 1.29 is 9.53 Å². The lowest BCUT2D eigenvalue weighted by Gasteiger charge is -2.39. The second-order valence-corrected chi connectivity index (χ2v) is 6.59. The number of hydrogen-bond donors (Lipinski definition) is 0. The largest absolute Gasteiger partial charge is 0.370 e. The van der Waals surface area contributed by atoms with E-state index in [4.69, 9.17) is 4.74 Å². The van der Waals surface area contributed by atoms with Gasteiger partial charge in [0.2, 0.25) is 0 Å². The standard InChI is InChI=1S/C21H20N2O3/c1-22-19(10-5-11-20(22)24)21(25)23-12-17(13-23)26-14-16-8-4-7-15-6-2-3-9-18(15)16/h2-11,17H,12-14H2,1H3. The summed E-state index contributed by atoms with van der Waals surface area (Å²) in [6.07, 6.45) is 0.0265. The fourth-order valence-corrected chi connectivity index (χ4v) is 3.28. The van der Waals surface area contributed by atoms with Crippen LogP contribution in [0.3, 0.4) is 0 Å². The molecule has 3 aromatic rings. The highest BCUT2D eigenvalue weighted by Gasteiger charge is 2.32. The molecule has 1 aromatic heterocycles. The third-order valence-electron chi connectivity index (χ3n) is 4.89. The first-order valence-electron chi connectivity index (χ1n) is 8.67. The van der Waals surface area contributed by atoms with Gasteiger partial charge >= 0.3 is 0 Å². The maximum atomic E-state index is 12.5. The number of nitrogens with zero attached hydrogens (tertiary/aromatic N) is 2. The molecule has 4 rings (SSSR count). The van der Waals surface area contributed by atoms with Crippen LogP contribution in [0.25, 0.3) is 10.8 Å². The highest BCUT2D eigenvalue weighted by atomic mass is 16.5. The van der Waals surface area contributed by atoms with Gasteiger partial charge in [0, 0.05) is 26.2 Å². The first-order chi connectivity index (χ1) is 12.6. The van der Waals surface area contributed by atoms with E-state index in [-0.39, 0.29) is 17.6 Å². The molecule has 0 radical (unpaired) electrons. The quantitative estimate of drug-likeness (QED) is 0.728. The number of hydrogen-bond acceptors (Lipinski definition) is 3. The molecule has 2 aromatic carbocycles. The van der Waals surface area contributed by atoms with E-state index in [0.29, 0.717) is 25.4 Å². The number of carbonyl (C=O) groups excluding carboxylic acids is 1. The molecule has 1 aliphatic heterocycles. The van der Waals surface area contributed by atoms with Crippen LogP contribution in [0, 0.1) is 0 Å². The number of carbonyl (C=O) groups is 1. The van der Waals surface area contributed by atoms with E-state index in [1.54, 1.807) is 24.1 Å². The molecular formula is C21H20N2O3. The van der Waals surface area contributed by atoms with Gasteiger partial charge in [0.15, 0.2) is 0 Å². The van der Waals surface area contributed by atoms with Gasteiger partial charge in [-0.25, -0.2) is 0 Å². The highest BCUT2D eigenvalue weighted by molar-refractivity contribution is 5.93. The zero-order chi connectivity index (χ0) is 18.1. The van der Waals surface area contributed by atoms with E-state index in [0.717, 1.165) is 5.56 Å². The normalized spacial score (nSPS) is 14.4. The minimum Gasteiger partial charge on any atom is -0.370 e. The van der Waals surface area contributed by atoms with Crippen molar-refractivity contribution in [3.05, 3.63) is 82.3 Å². The molecule has 0 bridgehead atoms. The van der Waals surface area contributed by atoms with E-state index in [9.17, 15) is 9.59 Å². The van der Waals surface area contributed by atoms with Crippen molar-refractivity contribution in [3.63, 3.8) is 0 Å². The van der Waals surface area contributed by atoms with Gasteiger partial charge < -0.3 is 14.2 Å². The summed E-state index contributed by atoms with van der Waals surface area (Å²) in [6, 6.07) is 19.2. The van der Waals surface area contributed by atoms with Crippen molar-refractivity contribution in [2.75, 3.05) is 13.1 Å². The Morgan fingerprint density at radius 1 is 1.04 bits per heavy atom. The Labute approximate surface area is 151 Å². The monoisotopic (exact) mass is 348 g/mol. The Bertz CT molecular complexity index is 1010. The lowest BCUT2D eigenvalue weighted by atomic mass is 10.1. The minimum absolute atomic E-state index is 0.0265. The second kappa shape index (κ2) is 6.77. The summed E-state index contributed by atoms with van der Waals surface area (Å²) in [5.74, 6) is -0.129. The van der Waals surface area contributed by atoms with Gasteiger partial charge in [-0.1, -0.05) is 48.5 Å². The number of rotatable bonds is 4. The SMILES string of the molecule is Cn1c(C(=O)N2CC(OCc3cccc4ccccc34)C2)cccc1=O. The molecule has 1 amide bonds. The highest BCUT2D eigenvalue weighted by Crippen LogP contribution is 2.22. The molecule has 5 heteroatoms. The Morgan fingerprint density at radius 3 is 2.62 bits per heavy atom. The molecular weight excluding hydrogens is 328 g/mol. The molecule has 0 unspecified atom stereocenters. The molecule has 0 N–H and O–H groups in total. The van der Waals surface area contributed by atoms with Gasteiger partial charge in [-0.15, -0.1) is 0 Å². The van der Waals surface area contributed by atoms with Crippen molar-refractivity contribution in [1.29, 1.82) is 0 Å². The van der Waals surface area contributed by atoms with Crippen LogP contribution in [0.4, 0.5) is 0 Å². The van der Waals surface area contributed by atoms with Crippen LogP contribution in [-0.2, 0) is 18.4 Å². The van der Waals surface area contributed by atoms with Crippen molar-refractivity contribution >= 4 is 16.7 Å². The lowest BCUT2D eigenvalue weighted by Crippen LogP contribution is -2.55. The van der Waals surface area contributed by atoms with Crippen LogP contribution in [0.1, 0.15) is 16.1 Å². The molecule has 1 fully saturated rings. The Balaban J connectivity index is 1.37. The van der Waals surface area contributed by atoms with Crippen LogP contribution < -0.4 is 5.56 Å². The molecule has 0 saturated carbocycles. The summed E-state index contributed by atoms with van der Waals surface area (Å²) in [5, 5.41) is 2.39. The van der Waals surface area contributed by atoms with Crippen molar-refractivity contribution in [2.24, 2.45) is 7.05 Å². The van der Waals surface area contributed by atoms with Gasteiger partial charge in [0.05, 0.1) is 12.7 Å². The minimum atomic E-state index is -0.180. The predicted molar refractivity (Wildman–Crippen MR) is 100 cm³/mol. The third-order valence-corrected chi connectivity index (χ3v) is 4.89. The molecule has 0 atom stereocenters. The van der Waals surface area contributed by atoms with Gasteiger partial charge in [-0.05, 0) is 22.4 Å². The van der Waals surface area contributed by atoms with Gasteiger partial charge in [-0.2, -0.15) is 0 Å². The Kier molecular flexibility index (Phi) is 4.31. The lowest BCUT2D eigenvalue weighted by molar-refractivity contribution is -0.0503. The topological polar surface area (TPSA) is 51.5 Å². The summed E-state index contributed by atoms with van der Waals surface area (Å²) < 4.78 is 7.36. The third kappa shape index (κ3) is 3.02. The second-order valence-electron chi connectivity index (χ2n) is 6.59. The number of ether oxygens (including phenoxy) is 1. The summed E-state index contributed by atoms with van der Waals surface area (Å²) >= 11 is 0. The van der Waals surface area contributed by atoms with E-state index < -0.39 is 0 Å². The average molecular weight is 348 g/mol. The molecule has 1 saturated heterocycles. The smallest absolute Gasteiger partial charge is 0.270 e. The fourth-order valence-electron chi connectivity index (χ4n) is 3.28. The number of aromatic nitrogens is 1. The summed E-state index contributed by atoms with van der Waals surface area (Å²) in [4.78, 5) is 25.9. The Morgan fingerprint density at radius 2 is 1.77 bits per heavy atom. The zero-order valence-corrected chi connectivity index (χ0v) is 14.6. The number of benzene rings is 2. The average Bonchev–Trinajstić information content (AvgIpc) is 2.62. The molecule has 0 aliphatic carbocycles. The molecule has 26 heavy (non-hydrogen) atoms. The number of fused-ring (bicyclic) bond motifs is 1. The van der Waals surface area contributed by atoms with Crippen LogP contribution in [0.5, 0.6) is 0 Å². The van der Waals surface area contributed by atoms with Crippen molar-refractivity contribution in [3.8, 4) is 0 Å². The van der Waals surface area contributed by atoms with Gasteiger partial charge in [0.1, 0.15) is 5.69 Å². The summed E-state index contributed by atoms with van der Waals surface area (Å²) in [6.45, 7) is 1.62. The molecule has 2 heterocycles. The van der Waals surface area contributed by atoms with E-state index in [2.05, 4.69) is 24.3 Å².